The summed E-state index contributed by atoms with van der Waals surface area (Å²) in [6, 6.07) is 19.2. The lowest BCUT2D eigenvalue weighted by molar-refractivity contribution is -0.123. The molecule has 0 aliphatic rings. The summed E-state index contributed by atoms with van der Waals surface area (Å²) in [6.45, 7) is 1.63. The highest BCUT2D eigenvalue weighted by atomic mass is 32.1. The maximum atomic E-state index is 11.5. The molecule has 0 radical (unpaired) electrons. The molecule has 0 unspecified atom stereocenters. The van der Waals surface area contributed by atoms with E-state index in [-0.39, 0.29) is 5.91 Å². The standard InChI is InChI=1S/C28H30B2N2O7S/c1-32(2)26(33)4-3-15-31-16-17-38-22-10-12-23(13-11-22)39-27-24-14-9-21(30(36)37)18-25(24)40-28(27)19-5-7-20(8-6-19)29(34)35/h3-14,18,31,34-37H,15-17H2,1-2H3/b4-3+. The van der Waals surface area contributed by atoms with Gasteiger partial charge in [0, 0.05) is 43.3 Å². The average molecular weight is 560 g/mol. The Morgan fingerprint density at radius 1 is 0.925 bits per heavy atom. The van der Waals surface area contributed by atoms with Crippen molar-refractivity contribution < 1.29 is 34.4 Å². The molecule has 206 valence electrons. The molecule has 0 fully saturated rings. The number of likely N-dealkylation sites (N-methyl/N-ethyl adjacent to an activating group) is 1. The van der Waals surface area contributed by atoms with Crippen molar-refractivity contribution in [3.05, 3.63) is 78.9 Å². The summed E-state index contributed by atoms with van der Waals surface area (Å²) in [5.41, 5.74) is 1.57. The van der Waals surface area contributed by atoms with Gasteiger partial charge in [-0.15, -0.1) is 11.3 Å². The molecule has 12 heteroatoms. The number of ether oxygens (including phenoxy) is 2. The van der Waals surface area contributed by atoms with Gasteiger partial charge >= 0.3 is 14.2 Å². The van der Waals surface area contributed by atoms with Crippen LogP contribution in [0.25, 0.3) is 20.5 Å². The van der Waals surface area contributed by atoms with E-state index in [2.05, 4.69) is 5.32 Å². The van der Waals surface area contributed by atoms with E-state index in [1.54, 1.807) is 62.6 Å². The second kappa shape index (κ2) is 13.6. The first kappa shape index (κ1) is 29.3. The van der Waals surface area contributed by atoms with Gasteiger partial charge in [-0.1, -0.05) is 42.5 Å². The third-order valence-electron chi connectivity index (χ3n) is 5.99. The summed E-state index contributed by atoms with van der Waals surface area (Å²) in [7, 11) is 0.259. The lowest BCUT2D eigenvalue weighted by Crippen LogP contribution is -2.29. The molecule has 9 nitrogen and oxygen atoms in total. The third kappa shape index (κ3) is 7.51. The summed E-state index contributed by atoms with van der Waals surface area (Å²) >= 11 is 1.44. The average Bonchev–Trinajstić information content (AvgIpc) is 3.30. The van der Waals surface area contributed by atoms with E-state index in [0.717, 1.165) is 20.5 Å². The van der Waals surface area contributed by atoms with E-state index in [0.29, 0.717) is 47.9 Å². The SMILES string of the molecule is CN(C)C(=O)/C=C/CNCCOc1ccc(Oc2c(-c3ccc(B(O)O)cc3)sc3cc(B(O)O)ccc23)cc1. The van der Waals surface area contributed by atoms with Crippen molar-refractivity contribution in [1.29, 1.82) is 0 Å². The third-order valence-corrected chi connectivity index (χ3v) is 7.18. The van der Waals surface area contributed by atoms with Crippen LogP contribution in [0.2, 0.25) is 0 Å². The number of benzene rings is 3. The van der Waals surface area contributed by atoms with Crippen molar-refractivity contribution in [2.75, 3.05) is 33.8 Å². The van der Waals surface area contributed by atoms with Gasteiger partial charge in [0.05, 0.1) is 4.88 Å². The number of hydrogen-bond acceptors (Lipinski definition) is 9. The Bertz CT molecular complexity index is 1460. The van der Waals surface area contributed by atoms with Crippen LogP contribution < -0.4 is 25.7 Å². The van der Waals surface area contributed by atoms with Crippen molar-refractivity contribution >= 4 is 52.5 Å². The summed E-state index contributed by atoms with van der Waals surface area (Å²) in [5.74, 6) is 1.82. The zero-order valence-electron chi connectivity index (χ0n) is 22.2. The number of nitrogens with zero attached hydrogens (tertiary/aromatic N) is 1. The van der Waals surface area contributed by atoms with Crippen LogP contribution >= 0.6 is 11.3 Å². The molecule has 1 heterocycles. The van der Waals surface area contributed by atoms with Crippen molar-refractivity contribution in [1.82, 2.24) is 10.2 Å². The first-order valence-electron chi connectivity index (χ1n) is 12.6. The Kier molecular flexibility index (Phi) is 9.99. The summed E-state index contributed by atoms with van der Waals surface area (Å²) in [6.07, 6.45) is 3.30. The fourth-order valence-corrected chi connectivity index (χ4v) is 4.99. The summed E-state index contributed by atoms with van der Waals surface area (Å²) < 4.78 is 12.9. The van der Waals surface area contributed by atoms with Crippen LogP contribution in [-0.4, -0.2) is 78.9 Å². The van der Waals surface area contributed by atoms with Crippen LogP contribution in [0.4, 0.5) is 0 Å². The fourth-order valence-electron chi connectivity index (χ4n) is 3.81. The largest absolute Gasteiger partial charge is 0.492 e. The minimum atomic E-state index is -1.59. The zero-order chi connectivity index (χ0) is 28.6. The summed E-state index contributed by atoms with van der Waals surface area (Å²) in [4.78, 5) is 13.8. The molecule has 0 saturated heterocycles. The molecule has 0 aliphatic heterocycles. The lowest BCUT2D eigenvalue weighted by Gasteiger charge is -2.11. The predicted molar refractivity (Wildman–Crippen MR) is 160 cm³/mol. The maximum Gasteiger partial charge on any atom is 0.488 e. The lowest BCUT2D eigenvalue weighted by atomic mass is 9.80. The minimum absolute atomic E-state index is 0.0592. The zero-order valence-corrected chi connectivity index (χ0v) is 23.0. The van der Waals surface area contributed by atoms with E-state index < -0.39 is 14.2 Å². The van der Waals surface area contributed by atoms with E-state index in [1.165, 1.54) is 22.3 Å². The highest BCUT2D eigenvalue weighted by molar-refractivity contribution is 7.22. The van der Waals surface area contributed by atoms with E-state index >= 15 is 0 Å². The Balaban J connectivity index is 1.45. The first-order chi connectivity index (χ1) is 19.2. The van der Waals surface area contributed by atoms with Gasteiger partial charge < -0.3 is 39.8 Å². The number of nitrogens with one attached hydrogen (secondary N) is 1. The maximum absolute atomic E-state index is 11.5. The number of carbonyl (C=O) groups is 1. The van der Waals surface area contributed by atoms with Crippen LogP contribution in [0.5, 0.6) is 17.2 Å². The van der Waals surface area contributed by atoms with Gasteiger partial charge in [-0.05, 0) is 46.8 Å². The van der Waals surface area contributed by atoms with E-state index in [4.69, 9.17) is 9.47 Å². The molecular weight excluding hydrogens is 530 g/mol. The number of hydrogen-bond donors (Lipinski definition) is 5. The molecule has 3 aromatic carbocycles. The number of rotatable bonds is 12. The van der Waals surface area contributed by atoms with Crippen molar-refractivity contribution in [3.63, 3.8) is 0 Å². The molecule has 1 aromatic heterocycles. The van der Waals surface area contributed by atoms with Crippen LogP contribution in [-0.2, 0) is 4.79 Å². The molecule has 0 aliphatic carbocycles. The van der Waals surface area contributed by atoms with E-state index in [9.17, 15) is 24.9 Å². The van der Waals surface area contributed by atoms with Gasteiger partial charge in [-0.2, -0.15) is 0 Å². The van der Waals surface area contributed by atoms with Crippen LogP contribution in [0.15, 0.2) is 78.9 Å². The smallest absolute Gasteiger partial charge is 0.488 e. The Morgan fingerprint density at radius 2 is 1.57 bits per heavy atom. The second-order valence-corrected chi connectivity index (χ2v) is 10.2. The van der Waals surface area contributed by atoms with E-state index in [1.807, 2.05) is 24.3 Å². The van der Waals surface area contributed by atoms with Gasteiger partial charge in [-0.3, -0.25) is 4.79 Å². The highest BCUT2D eigenvalue weighted by Gasteiger charge is 2.20. The molecule has 1 amide bonds. The van der Waals surface area contributed by atoms with Gasteiger partial charge in [0.25, 0.3) is 0 Å². The molecule has 0 spiro atoms. The first-order valence-corrected chi connectivity index (χ1v) is 13.4. The number of amides is 1. The molecule has 4 aromatic rings. The number of carbonyl (C=O) groups excluding carboxylic acids is 1. The second-order valence-electron chi connectivity index (χ2n) is 9.15. The normalized spacial score (nSPS) is 11.2. The quantitative estimate of drug-likeness (QED) is 0.0998. The topological polar surface area (TPSA) is 132 Å². The van der Waals surface area contributed by atoms with Gasteiger partial charge in [-0.25, -0.2) is 0 Å². The molecule has 5 N–H and O–H groups in total. The van der Waals surface area contributed by atoms with Crippen LogP contribution in [0.3, 0.4) is 0 Å². The molecule has 0 saturated carbocycles. The highest BCUT2D eigenvalue weighted by Crippen LogP contribution is 2.46. The van der Waals surface area contributed by atoms with Crippen molar-refractivity contribution in [3.8, 4) is 27.7 Å². The van der Waals surface area contributed by atoms with Gasteiger partial charge in [0.2, 0.25) is 5.91 Å². The van der Waals surface area contributed by atoms with Crippen molar-refractivity contribution in [2.24, 2.45) is 0 Å². The molecular formula is C28H30B2N2O7S. The fraction of sp³-hybridized carbons (Fsp3) is 0.179. The molecule has 40 heavy (non-hydrogen) atoms. The Labute approximate surface area is 237 Å². The molecule has 4 rings (SSSR count). The predicted octanol–water partition coefficient (Wildman–Crippen LogP) is 1.33. The van der Waals surface area contributed by atoms with Gasteiger partial charge in [0.1, 0.15) is 18.1 Å². The molecule has 0 atom stereocenters. The number of thiophene rings is 1. The van der Waals surface area contributed by atoms with Gasteiger partial charge in [0.15, 0.2) is 5.75 Å². The Morgan fingerprint density at radius 3 is 2.23 bits per heavy atom. The van der Waals surface area contributed by atoms with Crippen LogP contribution in [0, 0.1) is 0 Å². The van der Waals surface area contributed by atoms with Crippen LogP contribution in [0.1, 0.15) is 0 Å². The monoisotopic (exact) mass is 560 g/mol. The minimum Gasteiger partial charge on any atom is -0.492 e. The van der Waals surface area contributed by atoms with Crippen molar-refractivity contribution in [2.45, 2.75) is 0 Å². The summed E-state index contributed by atoms with van der Waals surface area (Å²) in [5, 5.41) is 42.1. The molecule has 0 bridgehead atoms. The Hall–Kier alpha value is -3.64. The number of fused-ring (bicyclic) bond motifs is 1.